The zero-order valence-electron chi connectivity index (χ0n) is 15.1. The number of nitrogens with zero attached hydrogens (tertiary/aromatic N) is 1. The Labute approximate surface area is 151 Å². The molecule has 1 aliphatic rings. The van der Waals surface area contributed by atoms with Gasteiger partial charge in [-0.3, -0.25) is 0 Å². The van der Waals surface area contributed by atoms with E-state index in [9.17, 15) is 13.2 Å². The summed E-state index contributed by atoms with van der Waals surface area (Å²) < 4.78 is 25.2. The molecule has 0 bridgehead atoms. The van der Waals surface area contributed by atoms with E-state index in [1.807, 2.05) is 25.1 Å². The lowest BCUT2D eigenvalue weighted by atomic mass is 10.1. The van der Waals surface area contributed by atoms with E-state index in [2.05, 4.69) is 22.8 Å². The lowest BCUT2D eigenvalue weighted by Crippen LogP contribution is -2.50. The maximum Gasteiger partial charge on any atom is 0.315 e. The van der Waals surface area contributed by atoms with E-state index in [1.165, 1.54) is 9.87 Å². The lowest BCUT2D eigenvalue weighted by molar-refractivity contribution is 0.224. The molecule has 25 heavy (non-hydrogen) atoms. The van der Waals surface area contributed by atoms with E-state index >= 15 is 0 Å². The Morgan fingerprint density at radius 3 is 2.48 bits per heavy atom. The van der Waals surface area contributed by atoms with Crippen LogP contribution in [0.15, 0.2) is 30.3 Å². The summed E-state index contributed by atoms with van der Waals surface area (Å²) in [5.41, 5.74) is 1.26. The van der Waals surface area contributed by atoms with Crippen molar-refractivity contribution in [1.82, 2.24) is 14.9 Å². The first-order valence-electron chi connectivity index (χ1n) is 8.99. The monoisotopic (exact) mass is 367 g/mol. The van der Waals surface area contributed by atoms with Crippen LogP contribution in [0.1, 0.15) is 38.7 Å². The van der Waals surface area contributed by atoms with Crippen LogP contribution in [0, 0.1) is 0 Å². The first-order valence-corrected chi connectivity index (χ1v) is 10.6. The number of sulfonamides is 1. The zero-order chi connectivity index (χ0) is 18.3. The van der Waals surface area contributed by atoms with Crippen LogP contribution in [-0.4, -0.2) is 49.7 Å². The van der Waals surface area contributed by atoms with E-state index in [4.69, 9.17) is 0 Å². The minimum Gasteiger partial charge on any atom is -0.336 e. The average Bonchev–Trinajstić information content (AvgIpc) is 2.61. The van der Waals surface area contributed by atoms with Gasteiger partial charge in [-0.2, -0.15) is 0 Å². The predicted molar refractivity (Wildman–Crippen MR) is 99.9 cm³/mol. The fourth-order valence-electron chi connectivity index (χ4n) is 3.01. The normalized spacial score (nSPS) is 17.8. The number of nitrogens with one attached hydrogen (secondary N) is 2. The van der Waals surface area contributed by atoms with Crippen LogP contribution in [0.5, 0.6) is 0 Å². The molecule has 1 aromatic carbocycles. The molecule has 0 spiro atoms. The molecule has 2 rings (SSSR count). The molecular formula is C18H29N3O3S. The summed E-state index contributed by atoms with van der Waals surface area (Å²) in [5, 5.41) is 5.93. The molecular weight excluding hydrogens is 338 g/mol. The van der Waals surface area contributed by atoms with Crippen molar-refractivity contribution >= 4 is 16.1 Å². The van der Waals surface area contributed by atoms with E-state index in [1.54, 1.807) is 6.92 Å². The number of piperidine rings is 1. The Kier molecular flexibility index (Phi) is 7.25. The van der Waals surface area contributed by atoms with Gasteiger partial charge in [-0.25, -0.2) is 17.5 Å². The second kappa shape index (κ2) is 9.20. The third-order valence-electron chi connectivity index (χ3n) is 4.63. The smallest absolute Gasteiger partial charge is 0.315 e. The van der Waals surface area contributed by atoms with Crippen LogP contribution < -0.4 is 10.6 Å². The number of aryl methyl sites for hydroxylation is 1. The highest BCUT2D eigenvalue weighted by Crippen LogP contribution is 2.14. The summed E-state index contributed by atoms with van der Waals surface area (Å²) >= 11 is 0. The maximum atomic E-state index is 12.1. The van der Waals surface area contributed by atoms with Gasteiger partial charge in [0.05, 0.1) is 5.75 Å². The molecule has 0 aromatic heterocycles. The number of hydrogen-bond acceptors (Lipinski definition) is 3. The molecule has 1 aliphatic heterocycles. The van der Waals surface area contributed by atoms with Crippen LogP contribution in [0.4, 0.5) is 4.79 Å². The van der Waals surface area contributed by atoms with Crippen molar-refractivity contribution in [2.75, 3.05) is 18.8 Å². The highest BCUT2D eigenvalue weighted by Gasteiger charge is 2.27. The Morgan fingerprint density at radius 2 is 1.88 bits per heavy atom. The van der Waals surface area contributed by atoms with Crippen molar-refractivity contribution < 1.29 is 13.2 Å². The summed E-state index contributed by atoms with van der Waals surface area (Å²) in [7, 11) is -3.12. The summed E-state index contributed by atoms with van der Waals surface area (Å²) in [6.45, 7) is 4.61. The predicted octanol–water partition coefficient (Wildman–Crippen LogP) is 2.12. The van der Waals surface area contributed by atoms with Crippen molar-refractivity contribution in [2.24, 2.45) is 0 Å². The number of carbonyl (C=O) groups excluding carboxylic acids is 1. The van der Waals surface area contributed by atoms with Gasteiger partial charge in [-0.05, 0) is 45.1 Å². The van der Waals surface area contributed by atoms with Crippen LogP contribution in [0.3, 0.4) is 0 Å². The molecule has 0 aliphatic carbocycles. The third kappa shape index (κ3) is 6.32. The van der Waals surface area contributed by atoms with Crippen molar-refractivity contribution in [1.29, 1.82) is 0 Å². The minimum atomic E-state index is -3.12. The van der Waals surface area contributed by atoms with Gasteiger partial charge in [0.1, 0.15) is 0 Å². The fourth-order valence-corrected chi connectivity index (χ4v) is 4.14. The second-order valence-corrected chi connectivity index (χ2v) is 8.87. The fraction of sp³-hybridized carbons (Fsp3) is 0.611. The van der Waals surface area contributed by atoms with Crippen LogP contribution in [-0.2, 0) is 16.4 Å². The van der Waals surface area contributed by atoms with Gasteiger partial charge < -0.3 is 10.6 Å². The lowest BCUT2D eigenvalue weighted by Gasteiger charge is -2.31. The first kappa shape index (κ1) is 19.7. The topological polar surface area (TPSA) is 78.5 Å². The molecule has 1 atom stereocenters. The van der Waals surface area contributed by atoms with Gasteiger partial charge in [-0.1, -0.05) is 30.3 Å². The van der Waals surface area contributed by atoms with E-state index in [0.29, 0.717) is 25.9 Å². The number of amides is 2. The van der Waals surface area contributed by atoms with Gasteiger partial charge in [0.2, 0.25) is 10.0 Å². The number of rotatable bonds is 7. The van der Waals surface area contributed by atoms with E-state index in [0.717, 1.165) is 12.8 Å². The Balaban J connectivity index is 1.68. The number of benzene rings is 1. The Bertz CT molecular complexity index is 641. The van der Waals surface area contributed by atoms with Crippen molar-refractivity contribution in [3.63, 3.8) is 0 Å². The molecule has 1 saturated heterocycles. The van der Waals surface area contributed by atoms with Crippen LogP contribution >= 0.6 is 0 Å². The summed E-state index contributed by atoms with van der Waals surface area (Å²) in [6.07, 6.45) is 3.12. The molecule has 1 heterocycles. The molecule has 1 fully saturated rings. The molecule has 0 saturated carbocycles. The first-order chi connectivity index (χ1) is 11.9. The van der Waals surface area contributed by atoms with Crippen LogP contribution in [0.2, 0.25) is 0 Å². The van der Waals surface area contributed by atoms with E-state index in [-0.39, 0.29) is 23.9 Å². The maximum absolute atomic E-state index is 12.1. The van der Waals surface area contributed by atoms with Crippen LogP contribution in [0.25, 0.3) is 0 Å². The Morgan fingerprint density at radius 1 is 1.24 bits per heavy atom. The number of hydrogen-bond donors (Lipinski definition) is 2. The third-order valence-corrected chi connectivity index (χ3v) is 6.52. The highest BCUT2D eigenvalue weighted by atomic mass is 32.2. The zero-order valence-corrected chi connectivity index (χ0v) is 15.9. The second-order valence-electron chi connectivity index (χ2n) is 6.62. The summed E-state index contributed by atoms with van der Waals surface area (Å²) in [5.74, 6) is 0.129. The summed E-state index contributed by atoms with van der Waals surface area (Å²) in [6, 6.07) is 10.2. The molecule has 0 radical (unpaired) electrons. The SMILES string of the molecule is CCS(=O)(=O)N1CCC(NC(=O)NC(C)CCc2ccccc2)CC1. The molecule has 6 nitrogen and oxygen atoms in total. The quantitative estimate of drug-likeness (QED) is 0.775. The minimum absolute atomic E-state index is 0.0321. The molecule has 1 aromatic rings. The van der Waals surface area contributed by atoms with Gasteiger partial charge in [-0.15, -0.1) is 0 Å². The standard InChI is InChI=1S/C18H29N3O3S/c1-3-25(23,24)21-13-11-17(12-14-21)20-18(22)19-15(2)9-10-16-7-5-4-6-8-16/h4-8,15,17H,3,9-14H2,1-2H3,(H2,19,20,22). The average molecular weight is 368 g/mol. The molecule has 140 valence electrons. The summed E-state index contributed by atoms with van der Waals surface area (Å²) in [4.78, 5) is 12.1. The van der Waals surface area contributed by atoms with Gasteiger partial charge in [0.15, 0.2) is 0 Å². The molecule has 7 heteroatoms. The molecule has 2 N–H and O–H groups in total. The molecule has 1 unspecified atom stereocenters. The van der Waals surface area contributed by atoms with Crippen molar-refractivity contribution in [2.45, 2.75) is 51.6 Å². The largest absolute Gasteiger partial charge is 0.336 e. The van der Waals surface area contributed by atoms with Gasteiger partial charge >= 0.3 is 6.03 Å². The van der Waals surface area contributed by atoms with Crippen molar-refractivity contribution in [3.05, 3.63) is 35.9 Å². The van der Waals surface area contributed by atoms with E-state index < -0.39 is 10.0 Å². The van der Waals surface area contributed by atoms with Gasteiger partial charge in [0.25, 0.3) is 0 Å². The molecule has 2 amide bonds. The number of urea groups is 1. The highest BCUT2D eigenvalue weighted by molar-refractivity contribution is 7.89. The van der Waals surface area contributed by atoms with Crippen molar-refractivity contribution in [3.8, 4) is 0 Å². The van der Waals surface area contributed by atoms with Gasteiger partial charge in [0, 0.05) is 25.2 Å². The Hall–Kier alpha value is -1.60. The number of carbonyl (C=O) groups is 1.